The summed E-state index contributed by atoms with van der Waals surface area (Å²) in [6, 6.07) is -0.128. The number of halogens is 1. The highest BCUT2D eigenvalue weighted by atomic mass is 35.5. The maximum absolute atomic E-state index is 8.20. The molecule has 1 aromatic rings. The molecule has 0 fully saturated rings. The number of oxazole rings is 1. The molecule has 0 bridgehead atoms. The van der Waals surface area contributed by atoms with Gasteiger partial charge in [0.25, 0.3) is 6.01 Å². The predicted molar refractivity (Wildman–Crippen MR) is 38.4 cm³/mol. The van der Waals surface area contributed by atoms with Crippen LogP contribution in [0.2, 0.25) is 5.15 Å². The van der Waals surface area contributed by atoms with Gasteiger partial charge in [-0.05, 0) is 0 Å². The predicted octanol–water partition coefficient (Wildman–Crippen LogP) is 0.00470. The number of hydrogen-bond acceptors (Lipinski definition) is 5. The van der Waals surface area contributed by atoms with Crippen molar-refractivity contribution in [3.05, 3.63) is 10.9 Å². The standard InChI is InChI=1S/C4H5ClN4O2/c5-2-1(3(6)9-10)11-4(7)8-2/h10H,(H2,6,9)(H2,7,8). The van der Waals surface area contributed by atoms with E-state index in [1.807, 2.05) is 0 Å². The summed E-state index contributed by atoms with van der Waals surface area (Å²) in [7, 11) is 0. The minimum Gasteiger partial charge on any atom is -0.419 e. The molecule has 0 unspecified atom stereocenters. The lowest BCUT2D eigenvalue weighted by molar-refractivity contribution is 0.317. The molecule has 0 amide bonds. The van der Waals surface area contributed by atoms with E-state index >= 15 is 0 Å². The molecular formula is C4H5ClN4O2. The average molecular weight is 177 g/mol. The topological polar surface area (TPSA) is 111 Å². The molecule has 0 atom stereocenters. The van der Waals surface area contributed by atoms with Crippen molar-refractivity contribution >= 4 is 23.5 Å². The highest BCUT2D eigenvalue weighted by Gasteiger charge is 2.12. The Kier molecular flexibility index (Phi) is 1.86. The van der Waals surface area contributed by atoms with E-state index in [9.17, 15) is 0 Å². The molecule has 0 aliphatic heterocycles. The number of nitrogen functional groups attached to an aromatic ring is 1. The summed E-state index contributed by atoms with van der Waals surface area (Å²) in [5.74, 6) is -0.300. The van der Waals surface area contributed by atoms with E-state index in [0.29, 0.717) is 0 Å². The first-order valence-electron chi connectivity index (χ1n) is 2.55. The van der Waals surface area contributed by atoms with Crippen LogP contribution in [0.5, 0.6) is 0 Å². The maximum atomic E-state index is 8.20. The monoisotopic (exact) mass is 176 g/mol. The van der Waals surface area contributed by atoms with Gasteiger partial charge in [-0.1, -0.05) is 16.8 Å². The highest BCUT2D eigenvalue weighted by molar-refractivity contribution is 6.32. The molecule has 1 rings (SSSR count). The number of oxime groups is 1. The van der Waals surface area contributed by atoms with Crippen LogP contribution < -0.4 is 11.5 Å². The Labute approximate surface area is 66.4 Å². The fraction of sp³-hybridized carbons (Fsp3) is 0. The van der Waals surface area contributed by atoms with Gasteiger partial charge in [0.05, 0.1) is 0 Å². The molecule has 1 heterocycles. The van der Waals surface area contributed by atoms with Crippen molar-refractivity contribution in [1.82, 2.24) is 4.98 Å². The third-order valence-corrected chi connectivity index (χ3v) is 1.20. The normalized spacial score (nSPS) is 11.9. The third-order valence-electron chi connectivity index (χ3n) is 0.943. The third kappa shape index (κ3) is 1.35. The van der Waals surface area contributed by atoms with Gasteiger partial charge < -0.3 is 21.1 Å². The van der Waals surface area contributed by atoms with Gasteiger partial charge in [0.2, 0.25) is 11.6 Å². The van der Waals surface area contributed by atoms with Gasteiger partial charge in [-0.25, -0.2) is 0 Å². The summed E-state index contributed by atoms with van der Waals surface area (Å²) in [5, 5.41) is 10.8. The van der Waals surface area contributed by atoms with E-state index in [0.717, 1.165) is 0 Å². The van der Waals surface area contributed by atoms with Gasteiger partial charge in [0, 0.05) is 0 Å². The minimum atomic E-state index is -0.265. The molecule has 0 saturated carbocycles. The number of amidine groups is 1. The molecule has 60 valence electrons. The zero-order valence-electron chi connectivity index (χ0n) is 5.28. The maximum Gasteiger partial charge on any atom is 0.294 e. The lowest BCUT2D eigenvalue weighted by Crippen LogP contribution is -2.12. The molecule has 0 aliphatic carbocycles. The van der Waals surface area contributed by atoms with Gasteiger partial charge in [-0.2, -0.15) is 4.98 Å². The fourth-order valence-corrected chi connectivity index (χ4v) is 0.739. The zero-order chi connectivity index (χ0) is 8.43. The highest BCUT2D eigenvalue weighted by Crippen LogP contribution is 2.16. The summed E-state index contributed by atoms with van der Waals surface area (Å²) in [4.78, 5) is 3.48. The van der Waals surface area contributed by atoms with Crippen LogP contribution in [-0.4, -0.2) is 16.0 Å². The van der Waals surface area contributed by atoms with Crippen LogP contribution in [0, 0.1) is 0 Å². The first-order valence-corrected chi connectivity index (χ1v) is 2.92. The van der Waals surface area contributed by atoms with Gasteiger partial charge in [-0.3, -0.25) is 0 Å². The number of nitrogens with two attached hydrogens (primary N) is 2. The lowest BCUT2D eigenvalue weighted by atomic mass is 10.5. The molecule has 0 saturated heterocycles. The smallest absolute Gasteiger partial charge is 0.294 e. The van der Waals surface area contributed by atoms with Crippen molar-refractivity contribution in [2.45, 2.75) is 0 Å². The molecular weight excluding hydrogens is 172 g/mol. The number of hydrogen-bond donors (Lipinski definition) is 3. The first kappa shape index (κ1) is 7.67. The van der Waals surface area contributed by atoms with E-state index in [1.54, 1.807) is 0 Å². The Morgan fingerprint density at radius 3 is 2.73 bits per heavy atom. The summed E-state index contributed by atoms with van der Waals surface area (Å²) in [5.41, 5.74) is 10.3. The minimum absolute atomic E-state index is 0.0298. The summed E-state index contributed by atoms with van der Waals surface area (Å²) >= 11 is 5.46. The van der Waals surface area contributed by atoms with Gasteiger partial charge in [0.15, 0.2) is 5.15 Å². The second-order valence-electron chi connectivity index (χ2n) is 1.66. The summed E-state index contributed by atoms with van der Waals surface area (Å²) in [6.07, 6.45) is 0. The zero-order valence-corrected chi connectivity index (χ0v) is 6.04. The molecule has 0 aromatic carbocycles. The van der Waals surface area contributed by atoms with Crippen LogP contribution in [0.25, 0.3) is 0 Å². The van der Waals surface area contributed by atoms with Gasteiger partial charge in [-0.15, -0.1) is 0 Å². The molecule has 6 nitrogen and oxygen atoms in total. The summed E-state index contributed by atoms with van der Waals surface area (Å²) in [6.45, 7) is 0. The molecule has 1 aromatic heterocycles. The fourth-order valence-electron chi connectivity index (χ4n) is 0.520. The van der Waals surface area contributed by atoms with Crippen molar-refractivity contribution in [2.24, 2.45) is 10.9 Å². The molecule has 11 heavy (non-hydrogen) atoms. The van der Waals surface area contributed by atoms with E-state index in [-0.39, 0.29) is 22.8 Å². The van der Waals surface area contributed by atoms with Crippen molar-refractivity contribution in [3.8, 4) is 0 Å². The molecule has 0 radical (unpaired) electrons. The van der Waals surface area contributed by atoms with Crippen LogP contribution in [0.15, 0.2) is 9.57 Å². The Hall–Kier alpha value is -1.43. The Morgan fingerprint density at radius 1 is 1.73 bits per heavy atom. The van der Waals surface area contributed by atoms with Crippen LogP contribution >= 0.6 is 11.6 Å². The van der Waals surface area contributed by atoms with Gasteiger partial charge >= 0.3 is 0 Å². The van der Waals surface area contributed by atoms with E-state index in [1.165, 1.54) is 0 Å². The number of rotatable bonds is 1. The van der Waals surface area contributed by atoms with E-state index < -0.39 is 0 Å². The number of anilines is 1. The van der Waals surface area contributed by atoms with Gasteiger partial charge in [0.1, 0.15) is 0 Å². The molecule has 5 N–H and O–H groups in total. The average Bonchev–Trinajstić information content (AvgIpc) is 2.28. The second-order valence-corrected chi connectivity index (χ2v) is 2.02. The van der Waals surface area contributed by atoms with Crippen LogP contribution in [-0.2, 0) is 0 Å². The number of aromatic nitrogens is 1. The van der Waals surface area contributed by atoms with Crippen LogP contribution in [0.1, 0.15) is 5.76 Å². The Morgan fingerprint density at radius 2 is 2.36 bits per heavy atom. The summed E-state index contributed by atoms with van der Waals surface area (Å²) < 4.78 is 4.69. The Bertz CT molecular complexity index is 294. The Balaban J connectivity index is 3.13. The van der Waals surface area contributed by atoms with Crippen LogP contribution in [0.3, 0.4) is 0 Å². The van der Waals surface area contributed by atoms with E-state index in [4.69, 9.17) is 28.3 Å². The quantitative estimate of drug-likeness (QED) is 0.242. The van der Waals surface area contributed by atoms with Crippen molar-refractivity contribution in [2.75, 3.05) is 5.73 Å². The second kappa shape index (κ2) is 2.67. The first-order chi connectivity index (χ1) is 5.15. The van der Waals surface area contributed by atoms with Crippen molar-refractivity contribution < 1.29 is 9.62 Å². The molecule has 0 spiro atoms. The number of nitrogens with zero attached hydrogens (tertiary/aromatic N) is 2. The van der Waals surface area contributed by atoms with Crippen molar-refractivity contribution in [1.29, 1.82) is 0 Å². The molecule has 7 heteroatoms. The van der Waals surface area contributed by atoms with Crippen molar-refractivity contribution in [3.63, 3.8) is 0 Å². The lowest BCUT2D eigenvalue weighted by Gasteiger charge is -1.89. The SMILES string of the molecule is N/C(=N/O)c1oc(N)nc1Cl. The molecule has 0 aliphatic rings. The van der Waals surface area contributed by atoms with Crippen LogP contribution in [0.4, 0.5) is 6.01 Å². The van der Waals surface area contributed by atoms with E-state index in [2.05, 4.69) is 14.6 Å². The largest absolute Gasteiger partial charge is 0.419 e.